The molecular weight excluding hydrogens is 593 g/mol. The van der Waals surface area contributed by atoms with Crippen LogP contribution in [-0.4, -0.2) is 8.42 Å². The largest absolute Gasteiger partial charge is 0.398 e. The molecule has 0 radical (unpaired) electrons. The molecule has 35 heavy (non-hydrogen) atoms. The molecule has 4 nitrogen and oxygen atoms in total. The maximum atomic E-state index is 12.8. The fraction of sp³-hybridized carbons (Fsp3) is 0.571. The molecule has 2 rings (SSSR count). The highest BCUT2D eigenvalue weighted by atomic mass is 127. The Morgan fingerprint density at radius 1 is 0.857 bits per heavy atom. The van der Waals surface area contributed by atoms with E-state index in [4.69, 9.17) is 21.5 Å². The van der Waals surface area contributed by atoms with Gasteiger partial charge in [0.25, 0.3) is 0 Å². The van der Waals surface area contributed by atoms with E-state index in [0.29, 0.717) is 20.7 Å². The van der Waals surface area contributed by atoms with Crippen molar-refractivity contribution in [3.05, 3.63) is 50.1 Å². The molecule has 0 heterocycles. The van der Waals surface area contributed by atoms with Crippen LogP contribution in [0.4, 0.5) is 5.69 Å². The summed E-state index contributed by atoms with van der Waals surface area (Å²) in [6, 6.07) is 8.30. The van der Waals surface area contributed by atoms with Gasteiger partial charge < -0.3 is 9.92 Å². The van der Waals surface area contributed by atoms with Crippen molar-refractivity contribution in [1.82, 2.24) is 0 Å². The first-order valence-electron chi connectivity index (χ1n) is 13.0. The number of unbranched alkanes of at least 4 members (excludes halogenated alkanes) is 12. The first kappa shape index (κ1) is 30.2. The predicted molar refractivity (Wildman–Crippen MR) is 157 cm³/mol. The van der Waals surface area contributed by atoms with Crippen LogP contribution in [0.15, 0.2) is 35.2 Å². The minimum Gasteiger partial charge on any atom is -0.398 e. The highest BCUT2D eigenvalue weighted by Crippen LogP contribution is 2.39. The third-order valence-corrected chi connectivity index (χ3v) is 8.78. The van der Waals surface area contributed by atoms with Gasteiger partial charge in [0.1, 0.15) is 4.90 Å². The summed E-state index contributed by atoms with van der Waals surface area (Å²) >= 11 is 8.63. The summed E-state index contributed by atoms with van der Waals surface area (Å²) < 4.78 is 31.6. The molecule has 0 amide bonds. The van der Waals surface area contributed by atoms with Crippen molar-refractivity contribution in [2.24, 2.45) is 0 Å². The number of hydrogen-bond acceptors (Lipinski definition) is 4. The Morgan fingerprint density at radius 2 is 1.34 bits per heavy atom. The van der Waals surface area contributed by atoms with E-state index < -0.39 is 10.1 Å². The quantitative estimate of drug-likeness (QED) is 0.0816. The summed E-state index contributed by atoms with van der Waals surface area (Å²) in [7, 11) is -3.98. The number of halogens is 2. The third kappa shape index (κ3) is 10.5. The van der Waals surface area contributed by atoms with Crippen LogP contribution < -0.4 is 9.92 Å². The van der Waals surface area contributed by atoms with E-state index >= 15 is 0 Å². The number of benzene rings is 2. The SMILES string of the molecule is CCCCCCCCCCCCCCCc1c(N)cc(I)c(OS(=O)(=O)c2ccc(C)cc2)c1Cl. The van der Waals surface area contributed by atoms with Gasteiger partial charge in [-0.3, -0.25) is 0 Å². The Kier molecular flexibility index (Phi) is 13.8. The molecule has 0 unspecified atom stereocenters. The van der Waals surface area contributed by atoms with Crippen LogP contribution in [0.3, 0.4) is 0 Å². The molecule has 0 aliphatic heterocycles. The maximum Gasteiger partial charge on any atom is 0.339 e. The number of nitrogen functional groups attached to an aromatic ring is 1. The molecule has 0 bridgehead atoms. The smallest absolute Gasteiger partial charge is 0.339 e. The molecule has 0 aromatic heterocycles. The van der Waals surface area contributed by atoms with Crippen LogP contribution in [0.1, 0.15) is 102 Å². The molecule has 2 aromatic carbocycles. The third-order valence-electron chi connectivity index (χ3n) is 6.34. The normalized spacial score (nSPS) is 11.7. The first-order chi connectivity index (χ1) is 16.8. The molecule has 0 saturated carbocycles. The van der Waals surface area contributed by atoms with E-state index in [2.05, 4.69) is 6.92 Å². The molecule has 0 spiro atoms. The second kappa shape index (κ2) is 16.0. The van der Waals surface area contributed by atoms with Crippen LogP contribution in [0, 0.1) is 10.5 Å². The molecule has 2 aromatic rings. The standard InChI is InChI=1S/C28H41ClINO3S/c1-3-4-5-6-7-8-9-10-11-12-13-14-15-16-24-26(31)21-25(30)28(27(24)29)34-35(32,33)23-19-17-22(2)18-20-23/h17-21H,3-16,31H2,1-2H3. The van der Waals surface area contributed by atoms with Gasteiger partial charge >= 0.3 is 10.1 Å². The summed E-state index contributed by atoms with van der Waals surface area (Å²) in [6.45, 7) is 4.16. The fourth-order valence-electron chi connectivity index (χ4n) is 4.17. The molecule has 2 N–H and O–H groups in total. The van der Waals surface area contributed by atoms with Gasteiger partial charge in [-0.2, -0.15) is 8.42 Å². The van der Waals surface area contributed by atoms with Crippen molar-refractivity contribution in [3.8, 4) is 5.75 Å². The van der Waals surface area contributed by atoms with Crippen molar-refractivity contribution >= 4 is 50.0 Å². The molecule has 0 aliphatic carbocycles. The first-order valence-corrected chi connectivity index (χ1v) is 15.9. The second-order valence-electron chi connectivity index (χ2n) is 9.41. The Balaban J connectivity index is 1.79. The number of aryl methyl sites for hydroxylation is 1. The molecule has 7 heteroatoms. The van der Waals surface area contributed by atoms with Crippen molar-refractivity contribution in [1.29, 1.82) is 0 Å². The lowest BCUT2D eigenvalue weighted by Gasteiger charge is -2.15. The van der Waals surface area contributed by atoms with Crippen LogP contribution in [0.2, 0.25) is 5.02 Å². The molecule has 0 saturated heterocycles. The van der Waals surface area contributed by atoms with Crippen molar-refractivity contribution in [3.63, 3.8) is 0 Å². The van der Waals surface area contributed by atoms with Crippen LogP contribution >= 0.6 is 34.2 Å². The number of nitrogens with two attached hydrogens (primary N) is 1. The Hall–Kier alpha value is -0.990. The van der Waals surface area contributed by atoms with Gasteiger partial charge in [-0.1, -0.05) is 113 Å². The van der Waals surface area contributed by atoms with E-state index in [1.165, 1.54) is 82.8 Å². The number of hydrogen-bond donors (Lipinski definition) is 1. The van der Waals surface area contributed by atoms with E-state index in [0.717, 1.165) is 24.0 Å². The summed E-state index contributed by atoms with van der Waals surface area (Å²) in [6.07, 6.45) is 17.5. The molecule has 0 aliphatic rings. The zero-order valence-electron chi connectivity index (χ0n) is 21.3. The van der Waals surface area contributed by atoms with Gasteiger partial charge in [0, 0.05) is 5.69 Å². The Bertz CT molecular complexity index is 1010. The fourth-order valence-corrected chi connectivity index (χ4v) is 6.54. The van der Waals surface area contributed by atoms with E-state index in [9.17, 15) is 8.42 Å². The summed E-state index contributed by atoms with van der Waals surface area (Å²) in [5, 5.41) is 0.295. The van der Waals surface area contributed by atoms with Gasteiger partial charge in [0.05, 0.1) is 8.59 Å². The van der Waals surface area contributed by atoms with E-state index in [1.807, 2.05) is 29.5 Å². The van der Waals surface area contributed by atoms with E-state index in [-0.39, 0.29) is 10.6 Å². The molecule has 196 valence electrons. The Labute approximate surface area is 231 Å². The average Bonchev–Trinajstić information content (AvgIpc) is 2.82. The highest BCUT2D eigenvalue weighted by molar-refractivity contribution is 14.1. The van der Waals surface area contributed by atoms with Gasteiger partial charge in [-0.05, 0) is 66.1 Å². The van der Waals surface area contributed by atoms with Gasteiger partial charge in [0.15, 0.2) is 5.75 Å². The van der Waals surface area contributed by atoms with Crippen LogP contribution in [0.25, 0.3) is 0 Å². The average molecular weight is 634 g/mol. The monoisotopic (exact) mass is 633 g/mol. The lowest BCUT2D eigenvalue weighted by atomic mass is 10.0. The molecule has 0 atom stereocenters. The number of rotatable bonds is 17. The van der Waals surface area contributed by atoms with Crippen molar-refractivity contribution < 1.29 is 12.6 Å². The van der Waals surface area contributed by atoms with E-state index in [1.54, 1.807) is 18.2 Å². The summed E-state index contributed by atoms with van der Waals surface area (Å²) in [5.41, 5.74) is 8.56. The maximum absolute atomic E-state index is 12.8. The van der Waals surface area contributed by atoms with Gasteiger partial charge in [-0.15, -0.1) is 0 Å². The Morgan fingerprint density at radius 3 is 1.86 bits per heavy atom. The summed E-state index contributed by atoms with van der Waals surface area (Å²) in [5.74, 6) is 0.159. The zero-order chi connectivity index (χ0) is 25.7. The van der Waals surface area contributed by atoms with Crippen LogP contribution in [-0.2, 0) is 16.5 Å². The topological polar surface area (TPSA) is 69.4 Å². The van der Waals surface area contributed by atoms with Gasteiger partial charge in [0.2, 0.25) is 0 Å². The van der Waals surface area contributed by atoms with Crippen molar-refractivity contribution in [2.75, 3.05) is 5.73 Å². The minimum atomic E-state index is -3.98. The zero-order valence-corrected chi connectivity index (χ0v) is 25.0. The van der Waals surface area contributed by atoms with Gasteiger partial charge in [-0.25, -0.2) is 0 Å². The van der Waals surface area contributed by atoms with Crippen LogP contribution in [0.5, 0.6) is 5.75 Å². The number of anilines is 1. The lowest BCUT2D eigenvalue weighted by Crippen LogP contribution is -2.12. The summed E-state index contributed by atoms with van der Waals surface area (Å²) in [4.78, 5) is 0.102. The predicted octanol–water partition coefficient (Wildman–Crippen LogP) is 9.24. The highest BCUT2D eigenvalue weighted by Gasteiger charge is 2.23. The molecule has 0 fully saturated rings. The second-order valence-corrected chi connectivity index (χ2v) is 12.5. The molecular formula is C28H41ClINO3S. The lowest BCUT2D eigenvalue weighted by molar-refractivity contribution is 0.484. The minimum absolute atomic E-state index is 0.102. The van der Waals surface area contributed by atoms with Crippen molar-refractivity contribution in [2.45, 2.75) is 109 Å².